The van der Waals surface area contributed by atoms with Gasteiger partial charge < -0.3 is 14.6 Å². The van der Waals surface area contributed by atoms with Crippen LogP contribution in [0.25, 0.3) is 11.1 Å². The van der Waals surface area contributed by atoms with Crippen molar-refractivity contribution in [3.8, 4) is 16.9 Å². The zero-order chi connectivity index (χ0) is 15.9. The van der Waals surface area contributed by atoms with Crippen LogP contribution in [0.5, 0.6) is 5.75 Å². The highest BCUT2D eigenvalue weighted by Gasteiger charge is 2.10. The number of para-hydroxylation sites is 1. The van der Waals surface area contributed by atoms with Crippen LogP contribution in [-0.4, -0.2) is 29.1 Å². The first kappa shape index (κ1) is 16.2. The van der Waals surface area contributed by atoms with E-state index in [-0.39, 0.29) is 6.42 Å². The molecule has 116 valence electrons. The fourth-order valence-corrected chi connectivity index (χ4v) is 2.11. The highest BCUT2D eigenvalue weighted by molar-refractivity contribution is 5.70. The van der Waals surface area contributed by atoms with Gasteiger partial charge in [0.05, 0.1) is 6.61 Å². The number of hydrogen-bond donors (Lipinski definition) is 1. The maximum Gasteiger partial charge on any atom is 0.148 e. The van der Waals surface area contributed by atoms with E-state index in [1.165, 1.54) is 0 Å². The van der Waals surface area contributed by atoms with Crippen LogP contribution in [0.4, 0.5) is 0 Å². The van der Waals surface area contributed by atoms with Gasteiger partial charge in [-0.2, -0.15) is 0 Å². The van der Waals surface area contributed by atoms with E-state index in [4.69, 9.17) is 4.74 Å². The lowest BCUT2D eigenvalue weighted by Crippen LogP contribution is -2.12. The minimum Gasteiger partial charge on any atom is -0.493 e. The molecular weight excluding hydrogens is 278 g/mol. The van der Waals surface area contributed by atoms with Crippen LogP contribution in [0.15, 0.2) is 42.6 Å². The molecule has 1 unspecified atom stereocenters. The molecule has 1 aromatic carbocycles. The average Bonchev–Trinajstić information content (AvgIpc) is 2.53. The minimum atomic E-state index is -1.02. The molecule has 1 aromatic heterocycles. The second kappa shape index (κ2) is 7.71. The number of hydrogen-bond acceptors (Lipinski definition) is 4. The molecule has 1 heterocycles. The van der Waals surface area contributed by atoms with Crippen LogP contribution in [0, 0.1) is 5.92 Å². The molecule has 1 atom stereocenters. The Kier molecular flexibility index (Phi) is 5.67. The molecule has 0 aliphatic heterocycles. The van der Waals surface area contributed by atoms with Crippen molar-refractivity contribution in [3.63, 3.8) is 0 Å². The summed E-state index contributed by atoms with van der Waals surface area (Å²) in [6.07, 6.45) is 1.40. The average molecular weight is 299 g/mol. The molecule has 2 aromatic rings. The Bertz CT molecular complexity index is 625. The normalized spacial score (nSPS) is 12.2. The predicted octanol–water partition coefficient (Wildman–Crippen LogP) is 2.89. The summed E-state index contributed by atoms with van der Waals surface area (Å²) < 4.78 is 5.87. The van der Waals surface area contributed by atoms with E-state index in [1.807, 2.05) is 36.4 Å². The summed E-state index contributed by atoms with van der Waals surface area (Å²) in [6, 6.07) is 11.6. The largest absolute Gasteiger partial charge is 0.493 e. The van der Waals surface area contributed by atoms with Gasteiger partial charge in [-0.15, -0.1) is 0 Å². The van der Waals surface area contributed by atoms with E-state index in [9.17, 15) is 9.90 Å². The van der Waals surface area contributed by atoms with Crippen LogP contribution in [-0.2, 0) is 11.2 Å². The number of carbonyl (C=O) groups excluding carboxylic acids is 1. The lowest BCUT2D eigenvalue weighted by molar-refractivity contribution is -0.114. The standard InChI is InChI=1S/C18H21NO3/c1-13(2)12-22-18-6-4-3-5-17(18)14-7-8-19-15(9-14)10-16(21)11-20/h3-9,11,13,16,21H,10,12H2,1-2H3. The summed E-state index contributed by atoms with van der Waals surface area (Å²) in [7, 11) is 0. The number of aliphatic hydroxyl groups excluding tert-OH is 1. The zero-order valence-corrected chi connectivity index (χ0v) is 12.9. The number of carbonyl (C=O) groups is 1. The molecule has 0 spiro atoms. The molecule has 0 amide bonds. The van der Waals surface area contributed by atoms with Crippen molar-refractivity contribution >= 4 is 6.29 Å². The third-order valence-corrected chi connectivity index (χ3v) is 3.16. The van der Waals surface area contributed by atoms with Gasteiger partial charge in [-0.25, -0.2) is 0 Å². The van der Waals surface area contributed by atoms with Crippen LogP contribution in [0.1, 0.15) is 19.5 Å². The minimum absolute atomic E-state index is 0.215. The molecule has 0 saturated heterocycles. The molecule has 0 aliphatic carbocycles. The number of aldehydes is 1. The molecule has 0 radical (unpaired) electrons. The summed E-state index contributed by atoms with van der Waals surface area (Å²) in [5.41, 5.74) is 2.62. The van der Waals surface area contributed by atoms with Crippen molar-refractivity contribution in [2.24, 2.45) is 5.92 Å². The topological polar surface area (TPSA) is 59.4 Å². The molecule has 0 fully saturated rings. The number of aliphatic hydroxyl groups is 1. The summed E-state index contributed by atoms with van der Waals surface area (Å²) in [5.74, 6) is 1.27. The van der Waals surface area contributed by atoms with Crippen molar-refractivity contribution < 1.29 is 14.6 Å². The monoisotopic (exact) mass is 299 g/mol. The highest BCUT2D eigenvalue weighted by Crippen LogP contribution is 2.30. The van der Waals surface area contributed by atoms with Gasteiger partial charge in [0.2, 0.25) is 0 Å². The van der Waals surface area contributed by atoms with Gasteiger partial charge >= 0.3 is 0 Å². The number of rotatable bonds is 7. The van der Waals surface area contributed by atoms with E-state index in [1.54, 1.807) is 6.20 Å². The number of ether oxygens (including phenoxy) is 1. The van der Waals surface area contributed by atoms with E-state index in [0.29, 0.717) is 24.5 Å². The van der Waals surface area contributed by atoms with Crippen molar-refractivity contribution in [3.05, 3.63) is 48.3 Å². The Morgan fingerprint density at radius 3 is 2.77 bits per heavy atom. The van der Waals surface area contributed by atoms with Gasteiger partial charge in [0.25, 0.3) is 0 Å². The second-order valence-electron chi connectivity index (χ2n) is 5.64. The predicted molar refractivity (Wildman–Crippen MR) is 85.8 cm³/mol. The van der Waals surface area contributed by atoms with Gasteiger partial charge in [-0.05, 0) is 29.7 Å². The van der Waals surface area contributed by atoms with E-state index >= 15 is 0 Å². The molecule has 2 rings (SSSR count). The number of pyridine rings is 1. The molecule has 0 saturated carbocycles. The number of benzene rings is 1. The molecule has 4 heteroatoms. The van der Waals surface area contributed by atoms with Crippen molar-refractivity contribution in [2.75, 3.05) is 6.61 Å². The van der Waals surface area contributed by atoms with Crippen LogP contribution < -0.4 is 4.74 Å². The fourth-order valence-electron chi connectivity index (χ4n) is 2.11. The maximum atomic E-state index is 10.6. The van der Waals surface area contributed by atoms with Gasteiger partial charge in [0, 0.05) is 23.9 Å². The first-order chi connectivity index (χ1) is 10.6. The number of nitrogens with zero attached hydrogens (tertiary/aromatic N) is 1. The zero-order valence-electron chi connectivity index (χ0n) is 12.9. The first-order valence-electron chi connectivity index (χ1n) is 7.40. The summed E-state index contributed by atoms with van der Waals surface area (Å²) >= 11 is 0. The molecule has 4 nitrogen and oxygen atoms in total. The van der Waals surface area contributed by atoms with Crippen molar-refractivity contribution in [1.29, 1.82) is 0 Å². The highest BCUT2D eigenvalue weighted by atomic mass is 16.5. The van der Waals surface area contributed by atoms with Crippen LogP contribution in [0.2, 0.25) is 0 Å². The van der Waals surface area contributed by atoms with Gasteiger partial charge in [-0.1, -0.05) is 32.0 Å². The SMILES string of the molecule is CC(C)COc1ccccc1-c1ccnc(CC(O)C=O)c1. The van der Waals surface area contributed by atoms with Gasteiger partial charge in [-0.3, -0.25) is 4.98 Å². The quantitative estimate of drug-likeness (QED) is 0.799. The van der Waals surface area contributed by atoms with Crippen molar-refractivity contribution in [2.45, 2.75) is 26.4 Å². The molecular formula is C18H21NO3. The Labute approximate surface area is 130 Å². The lowest BCUT2D eigenvalue weighted by Gasteiger charge is -2.14. The molecule has 1 N–H and O–H groups in total. The van der Waals surface area contributed by atoms with E-state index < -0.39 is 6.10 Å². The Morgan fingerprint density at radius 2 is 2.05 bits per heavy atom. The smallest absolute Gasteiger partial charge is 0.148 e. The Hall–Kier alpha value is -2.20. The molecule has 0 bridgehead atoms. The third-order valence-electron chi connectivity index (χ3n) is 3.16. The Balaban J connectivity index is 2.27. The third kappa shape index (κ3) is 4.40. The van der Waals surface area contributed by atoms with Gasteiger partial charge in [0.1, 0.15) is 18.1 Å². The van der Waals surface area contributed by atoms with E-state index in [0.717, 1.165) is 16.9 Å². The van der Waals surface area contributed by atoms with Crippen LogP contribution >= 0.6 is 0 Å². The number of aromatic nitrogens is 1. The summed E-state index contributed by atoms with van der Waals surface area (Å²) in [5, 5.41) is 9.44. The maximum absolute atomic E-state index is 10.6. The van der Waals surface area contributed by atoms with Crippen molar-refractivity contribution in [1.82, 2.24) is 4.98 Å². The summed E-state index contributed by atoms with van der Waals surface area (Å²) in [4.78, 5) is 14.8. The van der Waals surface area contributed by atoms with E-state index in [2.05, 4.69) is 18.8 Å². The van der Waals surface area contributed by atoms with Gasteiger partial charge in [0.15, 0.2) is 0 Å². The fraction of sp³-hybridized carbons (Fsp3) is 0.333. The molecule has 22 heavy (non-hydrogen) atoms. The Morgan fingerprint density at radius 1 is 1.27 bits per heavy atom. The molecule has 0 aliphatic rings. The van der Waals surface area contributed by atoms with Crippen LogP contribution in [0.3, 0.4) is 0 Å². The first-order valence-corrected chi connectivity index (χ1v) is 7.40. The lowest BCUT2D eigenvalue weighted by atomic mass is 10.0. The second-order valence-corrected chi connectivity index (χ2v) is 5.64. The summed E-state index contributed by atoms with van der Waals surface area (Å²) in [6.45, 7) is 4.86.